The summed E-state index contributed by atoms with van der Waals surface area (Å²) in [5, 5.41) is 13.8. The molecule has 2 N–H and O–H groups in total. The average molecular weight is 578 g/mol. The van der Waals surface area contributed by atoms with Gasteiger partial charge in [0.1, 0.15) is 5.82 Å². The van der Waals surface area contributed by atoms with Gasteiger partial charge in [-0.05, 0) is 128 Å². The number of fused-ring (bicyclic) bond motifs is 1. The minimum atomic E-state index is -0.845. The summed E-state index contributed by atoms with van der Waals surface area (Å²) < 4.78 is 0. The fourth-order valence-electron chi connectivity index (χ4n) is 7.46. The van der Waals surface area contributed by atoms with Gasteiger partial charge < -0.3 is 25.1 Å². The lowest BCUT2D eigenvalue weighted by atomic mass is 9.79. The van der Waals surface area contributed by atoms with Crippen molar-refractivity contribution in [3.63, 3.8) is 0 Å². The molecular weight excluding hydrogens is 526 g/mol. The van der Waals surface area contributed by atoms with Gasteiger partial charge in [0.05, 0.1) is 11.1 Å². The molecule has 2 amide bonds. The number of pyridine rings is 1. The van der Waals surface area contributed by atoms with E-state index in [1.807, 2.05) is 51.1 Å². The van der Waals surface area contributed by atoms with Crippen LogP contribution < -0.4 is 10.2 Å². The number of rotatable bonds is 7. The summed E-state index contributed by atoms with van der Waals surface area (Å²) in [5.74, 6) is 3.34. The molecule has 3 fully saturated rings. The fourth-order valence-corrected chi connectivity index (χ4v) is 7.46. The SMILES string of the molecule is CN1CCC(C2CCN(c3cc(C(=O)NCC4CCC(CN(C(=O)O)C(C)(C)C)CC4)c4ccccc4n3)CC2)CC1. The van der Waals surface area contributed by atoms with Gasteiger partial charge >= 0.3 is 6.09 Å². The van der Waals surface area contributed by atoms with Gasteiger partial charge in [-0.3, -0.25) is 4.79 Å². The number of amides is 2. The third kappa shape index (κ3) is 7.36. The van der Waals surface area contributed by atoms with Crippen LogP contribution in [0.15, 0.2) is 30.3 Å². The van der Waals surface area contributed by atoms with E-state index >= 15 is 0 Å². The molecule has 42 heavy (non-hydrogen) atoms. The van der Waals surface area contributed by atoms with Gasteiger partial charge in [-0.1, -0.05) is 18.2 Å². The van der Waals surface area contributed by atoms with Crippen LogP contribution in [0, 0.1) is 23.7 Å². The second-order valence-corrected chi connectivity index (χ2v) is 14.2. The van der Waals surface area contributed by atoms with Gasteiger partial charge in [0.15, 0.2) is 0 Å². The highest BCUT2D eigenvalue weighted by Gasteiger charge is 2.32. The highest BCUT2D eigenvalue weighted by Crippen LogP contribution is 2.35. The number of aromatic nitrogens is 1. The first-order chi connectivity index (χ1) is 20.1. The first-order valence-corrected chi connectivity index (χ1v) is 16.2. The van der Waals surface area contributed by atoms with Crippen molar-refractivity contribution in [2.24, 2.45) is 23.7 Å². The summed E-state index contributed by atoms with van der Waals surface area (Å²) >= 11 is 0. The number of benzene rings is 1. The Bertz CT molecular complexity index is 1220. The molecule has 2 saturated heterocycles. The first-order valence-electron chi connectivity index (χ1n) is 16.2. The summed E-state index contributed by atoms with van der Waals surface area (Å²) in [4.78, 5) is 36.8. The van der Waals surface area contributed by atoms with Crippen molar-refractivity contribution in [3.8, 4) is 0 Å². The van der Waals surface area contributed by atoms with Crippen molar-refractivity contribution in [2.45, 2.75) is 77.7 Å². The van der Waals surface area contributed by atoms with E-state index in [0.29, 0.717) is 30.5 Å². The Balaban J connectivity index is 1.18. The van der Waals surface area contributed by atoms with Crippen molar-refractivity contribution < 1.29 is 14.7 Å². The van der Waals surface area contributed by atoms with Gasteiger partial charge in [0.25, 0.3) is 5.91 Å². The van der Waals surface area contributed by atoms with E-state index in [1.165, 1.54) is 38.8 Å². The molecule has 2 aliphatic heterocycles. The van der Waals surface area contributed by atoms with E-state index in [-0.39, 0.29) is 5.91 Å². The zero-order valence-electron chi connectivity index (χ0n) is 26.1. The van der Waals surface area contributed by atoms with E-state index in [1.54, 1.807) is 4.90 Å². The summed E-state index contributed by atoms with van der Waals surface area (Å²) in [6.07, 6.45) is 8.21. The Morgan fingerprint density at radius 2 is 1.52 bits per heavy atom. The van der Waals surface area contributed by atoms with Crippen molar-refractivity contribution in [1.82, 2.24) is 20.1 Å². The molecule has 3 aliphatic rings. The van der Waals surface area contributed by atoms with Crippen LogP contribution in [0.4, 0.5) is 10.6 Å². The molecule has 1 aromatic carbocycles. The summed E-state index contributed by atoms with van der Waals surface area (Å²) in [7, 11) is 2.23. The van der Waals surface area contributed by atoms with Crippen LogP contribution >= 0.6 is 0 Å². The second-order valence-electron chi connectivity index (χ2n) is 14.2. The Hall–Kier alpha value is -2.87. The van der Waals surface area contributed by atoms with E-state index in [0.717, 1.165) is 67.3 Å². The minimum Gasteiger partial charge on any atom is -0.465 e. The number of hydrogen-bond donors (Lipinski definition) is 2. The lowest BCUT2D eigenvalue weighted by Gasteiger charge is -2.40. The number of carbonyl (C=O) groups excluding carboxylic acids is 1. The van der Waals surface area contributed by atoms with E-state index in [4.69, 9.17) is 4.98 Å². The van der Waals surface area contributed by atoms with Gasteiger partial charge in [-0.25, -0.2) is 9.78 Å². The predicted octanol–water partition coefficient (Wildman–Crippen LogP) is 6.11. The Morgan fingerprint density at radius 1 is 0.929 bits per heavy atom. The van der Waals surface area contributed by atoms with Gasteiger partial charge in [-0.2, -0.15) is 0 Å². The summed E-state index contributed by atoms with van der Waals surface area (Å²) in [6, 6.07) is 10.0. The Kier molecular flexibility index (Phi) is 9.60. The molecule has 3 heterocycles. The third-order valence-electron chi connectivity index (χ3n) is 10.2. The molecular formula is C34H51N5O3. The van der Waals surface area contributed by atoms with Crippen LogP contribution in [-0.2, 0) is 0 Å². The molecule has 1 saturated carbocycles. The third-order valence-corrected chi connectivity index (χ3v) is 10.2. The standard InChI is InChI=1S/C34H51N5O3/c1-34(2,3)39(33(41)42)23-25-11-9-24(10-12-25)22-35-32(40)29-21-31(36-30-8-6-5-7-28(29)30)38-19-15-27(16-20-38)26-13-17-37(4)18-14-26/h5-8,21,24-27H,9-20,22-23H2,1-4H3,(H,35,40)(H,41,42). The average Bonchev–Trinajstić information content (AvgIpc) is 2.98. The molecule has 5 rings (SSSR count). The topological polar surface area (TPSA) is 89.0 Å². The molecule has 230 valence electrons. The van der Waals surface area contributed by atoms with Gasteiger partial charge in [-0.15, -0.1) is 0 Å². The van der Waals surface area contributed by atoms with Crippen LogP contribution in [0.1, 0.15) is 82.5 Å². The molecule has 0 unspecified atom stereocenters. The quantitative estimate of drug-likeness (QED) is 0.413. The monoisotopic (exact) mass is 577 g/mol. The maximum Gasteiger partial charge on any atom is 0.407 e. The Labute approximate surface area is 251 Å². The normalized spacial score (nSPS) is 23.2. The van der Waals surface area contributed by atoms with Crippen molar-refractivity contribution in [1.29, 1.82) is 0 Å². The predicted molar refractivity (Wildman–Crippen MR) is 169 cm³/mol. The van der Waals surface area contributed by atoms with Gasteiger partial charge in [0, 0.05) is 37.1 Å². The molecule has 8 heteroatoms. The molecule has 2 aromatic rings. The summed E-state index contributed by atoms with van der Waals surface area (Å²) in [6.45, 7) is 11.5. The number of anilines is 1. The van der Waals surface area contributed by atoms with E-state index in [9.17, 15) is 14.7 Å². The number of para-hydroxylation sites is 1. The molecule has 0 bridgehead atoms. The van der Waals surface area contributed by atoms with Crippen molar-refractivity contribution in [2.75, 3.05) is 51.2 Å². The lowest BCUT2D eigenvalue weighted by molar-refractivity contribution is 0.0786. The number of piperidine rings is 2. The first kappa shape index (κ1) is 30.6. The molecule has 1 aliphatic carbocycles. The number of hydrogen-bond acceptors (Lipinski definition) is 5. The van der Waals surface area contributed by atoms with Crippen LogP contribution in [-0.4, -0.2) is 83.7 Å². The van der Waals surface area contributed by atoms with Crippen LogP contribution in [0.2, 0.25) is 0 Å². The largest absolute Gasteiger partial charge is 0.465 e. The van der Waals surface area contributed by atoms with Crippen LogP contribution in [0.25, 0.3) is 10.9 Å². The maximum atomic E-state index is 13.6. The van der Waals surface area contributed by atoms with Crippen molar-refractivity contribution in [3.05, 3.63) is 35.9 Å². The number of carbonyl (C=O) groups is 2. The highest BCUT2D eigenvalue weighted by atomic mass is 16.4. The van der Waals surface area contributed by atoms with E-state index < -0.39 is 11.6 Å². The molecule has 1 aromatic heterocycles. The second kappa shape index (κ2) is 13.2. The molecule has 0 radical (unpaired) electrons. The minimum absolute atomic E-state index is 0.0250. The molecule has 8 nitrogen and oxygen atoms in total. The van der Waals surface area contributed by atoms with Crippen LogP contribution in [0.3, 0.4) is 0 Å². The Morgan fingerprint density at radius 3 is 2.14 bits per heavy atom. The van der Waals surface area contributed by atoms with Crippen molar-refractivity contribution >= 4 is 28.7 Å². The zero-order chi connectivity index (χ0) is 29.9. The number of likely N-dealkylation sites (tertiary alicyclic amines) is 1. The highest BCUT2D eigenvalue weighted by molar-refractivity contribution is 6.07. The van der Waals surface area contributed by atoms with Crippen LogP contribution in [0.5, 0.6) is 0 Å². The van der Waals surface area contributed by atoms with Gasteiger partial charge in [0.2, 0.25) is 0 Å². The number of nitrogens with one attached hydrogen (secondary N) is 1. The maximum absolute atomic E-state index is 13.6. The smallest absolute Gasteiger partial charge is 0.407 e. The molecule has 0 spiro atoms. The lowest BCUT2D eigenvalue weighted by Crippen LogP contribution is -2.47. The fraction of sp³-hybridized carbons (Fsp3) is 0.676. The summed E-state index contributed by atoms with van der Waals surface area (Å²) in [5.41, 5.74) is 1.19. The van der Waals surface area contributed by atoms with E-state index in [2.05, 4.69) is 22.2 Å². The zero-order valence-corrected chi connectivity index (χ0v) is 26.1. The number of carboxylic acid groups (broad SMARTS) is 1. The number of nitrogens with zero attached hydrogens (tertiary/aromatic N) is 4. The molecule has 0 atom stereocenters.